The van der Waals surface area contributed by atoms with E-state index >= 15 is 0 Å². The first-order valence-electron chi connectivity index (χ1n) is 7.25. The fourth-order valence-corrected chi connectivity index (χ4v) is 2.96. The fraction of sp³-hybridized carbons (Fsp3) is 0.176. The number of anilines is 1. The lowest BCUT2D eigenvalue weighted by Gasteiger charge is -2.11. The van der Waals surface area contributed by atoms with Crippen LogP contribution >= 0.6 is 27.7 Å². The van der Waals surface area contributed by atoms with Crippen molar-refractivity contribution in [2.24, 2.45) is 0 Å². The number of carbonyl (C=O) groups excluding carboxylic acids is 2. The van der Waals surface area contributed by atoms with Crippen LogP contribution in [-0.4, -0.2) is 31.4 Å². The van der Waals surface area contributed by atoms with E-state index in [-0.39, 0.29) is 16.1 Å². The Morgan fingerprint density at radius 3 is 2.65 bits per heavy atom. The van der Waals surface area contributed by atoms with Gasteiger partial charge in [0.15, 0.2) is 6.61 Å². The van der Waals surface area contributed by atoms with Crippen molar-refractivity contribution in [3.05, 3.63) is 52.5 Å². The summed E-state index contributed by atoms with van der Waals surface area (Å²) in [6, 6.07) is 10.9. The molecule has 0 bridgehead atoms. The molecule has 26 heavy (non-hydrogen) atoms. The van der Waals surface area contributed by atoms with Crippen LogP contribution in [0.3, 0.4) is 0 Å². The van der Waals surface area contributed by atoms with E-state index in [0.717, 1.165) is 0 Å². The molecule has 0 aromatic heterocycles. The van der Waals surface area contributed by atoms with Gasteiger partial charge in [0.25, 0.3) is 11.7 Å². The van der Waals surface area contributed by atoms with E-state index in [4.69, 9.17) is 9.47 Å². The first kappa shape index (κ1) is 20.2. The SMILES string of the molecule is COc1ccc(Br)c(C(=O)OCC(=O)Nc2ccccc2SC(F)F)c1. The van der Waals surface area contributed by atoms with Gasteiger partial charge in [-0.15, -0.1) is 0 Å². The fourth-order valence-electron chi connectivity index (χ4n) is 1.95. The number of nitrogens with one attached hydrogen (secondary N) is 1. The van der Waals surface area contributed by atoms with Crippen LogP contribution in [0.1, 0.15) is 10.4 Å². The number of hydrogen-bond acceptors (Lipinski definition) is 5. The Morgan fingerprint density at radius 2 is 1.96 bits per heavy atom. The molecule has 9 heteroatoms. The van der Waals surface area contributed by atoms with Crippen molar-refractivity contribution in [3.8, 4) is 5.75 Å². The maximum absolute atomic E-state index is 12.5. The highest BCUT2D eigenvalue weighted by atomic mass is 79.9. The number of alkyl halides is 2. The third-order valence-corrected chi connectivity index (χ3v) is 4.58. The van der Waals surface area contributed by atoms with Crippen LogP contribution in [0.25, 0.3) is 0 Å². The van der Waals surface area contributed by atoms with E-state index in [1.165, 1.54) is 25.3 Å². The number of rotatable bonds is 7. The summed E-state index contributed by atoms with van der Waals surface area (Å²) >= 11 is 3.54. The molecule has 0 radical (unpaired) electrons. The minimum Gasteiger partial charge on any atom is -0.497 e. The number of hydrogen-bond donors (Lipinski definition) is 1. The molecule has 0 saturated heterocycles. The van der Waals surface area contributed by atoms with Gasteiger partial charge in [-0.25, -0.2) is 4.79 Å². The van der Waals surface area contributed by atoms with E-state index in [9.17, 15) is 18.4 Å². The Hall–Kier alpha value is -2.13. The van der Waals surface area contributed by atoms with Gasteiger partial charge in [0.1, 0.15) is 5.75 Å². The predicted molar refractivity (Wildman–Crippen MR) is 97.9 cm³/mol. The van der Waals surface area contributed by atoms with Crippen LogP contribution in [0.4, 0.5) is 14.5 Å². The highest BCUT2D eigenvalue weighted by Crippen LogP contribution is 2.31. The summed E-state index contributed by atoms with van der Waals surface area (Å²) in [4.78, 5) is 24.3. The predicted octanol–water partition coefficient (Wildman–Crippen LogP) is 4.57. The van der Waals surface area contributed by atoms with Gasteiger partial charge in [0.2, 0.25) is 0 Å². The molecule has 0 unspecified atom stereocenters. The second kappa shape index (κ2) is 9.54. The molecule has 1 amide bonds. The summed E-state index contributed by atoms with van der Waals surface area (Å²) < 4.78 is 35.6. The summed E-state index contributed by atoms with van der Waals surface area (Å²) in [5.74, 6) is -3.51. The summed E-state index contributed by atoms with van der Waals surface area (Å²) in [6.45, 7) is -0.559. The van der Waals surface area contributed by atoms with E-state index in [1.807, 2.05) is 0 Å². The number of carbonyl (C=O) groups is 2. The maximum atomic E-state index is 12.5. The Balaban J connectivity index is 1.98. The Bertz CT molecular complexity index is 804. The minimum absolute atomic E-state index is 0.200. The Labute approximate surface area is 161 Å². The lowest BCUT2D eigenvalue weighted by molar-refractivity contribution is -0.119. The number of methoxy groups -OCH3 is 1. The van der Waals surface area contributed by atoms with Gasteiger partial charge in [0.05, 0.1) is 18.4 Å². The minimum atomic E-state index is -2.61. The van der Waals surface area contributed by atoms with Crippen molar-refractivity contribution in [2.75, 3.05) is 19.0 Å². The Kier molecular flexibility index (Phi) is 7.40. The summed E-state index contributed by atoms with van der Waals surface area (Å²) in [7, 11) is 1.46. The van der Waals surface area contributed by atoms with Crippen LogP contribution in [0.5, 0.6) is 5.75 Å². The van der Waals surface area contributed by atoms with Crippen molar-refractivity contribution in [1.82, 2.24) is 0 Å². The zero-order valence-corrected chi connectivity index (χ0v) is 15.9. The first-order chi connectivity index (χ1) is 12.4. The summed E-state index contributed by atoms with van der Waals surface area (Å²) in [6.07, 6.45) is 0. The molecular weight excluding hydrogens is 432 g/mol. The van der Waals surface area contributed by atoms with Gasteiger partial charge in [-0.05, 0) is 46.3 Å². The molecule has 2 aromatic carbocycles. The highest BCUT2D eigenvalue weighted by Gasteiger charge is 2.16. The van der Waals surface area contributed by atoms with Gasteiger partial charge in [-0.2, -0.15) is 8.78 Å². The van der Waals surface area contributed by atoms with Crippen LogP contribution in [0, 0.1) is 0 Å². The number of halogens is 3. The molecule has 0 fully saturated rings. The van der Waals surface area contributed by atoms with Crippen molar-refractivity contribution in [3.63, 3.8) is 0 Å². The highest BCUT2D eigenvalue weighted by molar-refractivity contribution is 9.10. The van der Waals surface area contributed by atoms with E-state index in [2.05, 4.69) is 21.2 Å². The monoisotopic (exact) mass is 445 g/mol. The van der Waals surface area contributed by atoms with Crippen LogP contribution in [0.15, 0.2) is 51.8 Å². The number of benzene rings is 2. The normalized spacial score (nSPS) is 10.5. The quantitative estimate of drug-likeness (QED) is 0.499. The van der Waals surface area contributed by atoms with Crippen LogP contribution < -0.4 is 10.1 Å². The summed E-state index contributed by atoms with van der Waals surface area (Å²) in [5.41, 5.74) is 0.423. The number of thioether (sulfide) groups is 1. The average Bonchev–Trinajstić information content (AvgIpc) is 2.61. The molecule has 0 heterocycles. The van der Waals surface area contributed by atoms with Crippen LogP contribution in [0.2, 0.25) is 0 Å². The molecule has 138 valence electrons. The van der Waals surface area contributed by atoms with Crippen molar-refractivity contribution >= 4 is 45.3 Å². The molecule has 2 aromatic rings. The van der Waals surface area contributed by atoms with E-state index in [1.54, 1.807) is 24.3 Å². The topological polar surface area (TPSA) is 64.6 Å². The van der Waals surface area contributed by atoms with Crippen molar-refractivity contribution in [2.45, 2.75) is 10.7 Å². The molecule has 0 spiro atoms. The van der Waals surface area contributed by atoms with Crippen molar-refractivity contribution in [1.29, 1.82) is 0 Å². The number of esters is 1. The van der Waals surface area contributed by atoms with Gasteiger partial charge < -0.3 is 14.8 Å². The maximum Gasteiger partial charge on any atom is 0.339 e. The van der Waals surface area contributed by atoms with Gasteiger partial charge in [-0.1, -0.05) is 23.9 Å². The second-order valence-corrected chi connectivity index (χ2v) is 6.73. The van der Waals surface area contributed by atoms with Crippen molar-refractivity contribution < 1.29 is 27.8 Å². The van der Waals surface area contributed by atoms with Gasteiger partial charge in [-0.3, -0.25) is 4.79 Å². The molecule has 1 N–H and O–H groups in total. The molecular formula is C17H14BrF2NO4S. The van der Waals surface area contributed by atoms with Gasteiger partial charge >= 0.3 is 5.97 Å². The number of para-hydroxylation sites is 1. The van der Waals surface area contributed by atoms with E-state index in [0.29, 0.717) is 22.0 Å². The third kappa shape index (κ3) is 5.70. The third-order valence-electron chi connectivity index (χ3n) is 3.11. The second-order valence-electron chi connectivity index (χ2n) is 4.84. The molecule has 0 atom stereocenters. The molecule has 0 aliphatic rings. The largest absolute Gasteiger partial charge is 0.497 e. The lowest BCUT2D eigenvalue weighted by Crippen LogP contribution is -2.21. The molecule has 0 aliphatic carbocycles. The first-order valence-corrected chi connectivity index (χ1v) is 8.92. The Morgan fingerprint density at radius 1 is 1.23 bits per heavy atom. The summed E-state index contributed by atoms with van der Waals surface area (Å²) in [5, 5.41) is 2.45. The number of amides is 1. The van der Waals surface area contributed by atoms with Gasteiger partial charge in [0, 0.05) is 9.37 Å². The number of ether oxygens (including phenoxy) is 2. The molecule has 2 rings (SSSR count). The lowest BCUT2D eigenvalue weighted by atomic mass is 10.2. The van der Waals surface area contributed by atoms with Crippen LogP contribution in [-0.2, 0) is 9.53 Å². The smallest absolute Gasteiger partial charge is 0.339 e. The standard InChI is InChI=1S/C17H14BrF2NO4S/c1-24-10-6-7-12(18)11(8-10)16(23)25-9-15(22)21-13-4-2-3-5-14(13)26-17(19)20/h2-8,17H,9H2,1H3,(H,21,22). The molecule has 0 saturated carbocycles. The van der Waals surface area contributed by atoms with E-state index < -0.39 is 24.2 Å². The zero-order valence-electron chi connectivity index (χ0n) is 13.5. The molecule has 5 nitrogen and oxygen atoms in total. The average molecular weight is 446 g/mol. The zero-order chi connectivity index (χ0) is 19.1. The molecule has 0 aliphatic heterocycles.